The molecule has 0 saturated carbocycles. The third-order valence-electron chi connectivity index (χ3n) is 3.64. The van der Waals surface area contributed by atoms with E-state index in [-0.39, 0.29) is 12.2 Å². The molecule has 0 atom stereocenters. The van der Waals surface area contributed by atoms with Crippen LogP contribution in [0, 0.1) is 17.0 Å². The van der Waals surface area contributed by atoms with Gasteiger partial charge in [-0.1, -0.05) is 6.07 Å². The number of amides is 1. The van der Waals surface area contributed by atoms with Crippen molar-refractivity contribution in [2.75, 3.05) is 5.32 Å². The minimum absolute atomic E-state index is 0.138. The quantitative estimate of drug-likeness (QED) is 0.555. The number of rotatable bonds is 5. The fraction of sp³-hybridized carbons (Fsp3) is 0.118. The third-order valence-corrected chi connectivity index (χ3v) is 3.64. The van der Waals surface area contributed by atoms with Crippen molar-refractivity contribution in [1.29, 1.82) is 0 Å². The first-order chi connectivity index (χ1) is 12.4. The van der Waals surface area contributed by atoms with E-state index in [1.54, 1.807) is 19.1 Å². The molecule has 1 aromatic carbocycles. The highest BCUT2D eigenvalue weighted by Gasteiger charge is 2.13. The number of carbonyl (C=O) groups excluding carboxylic acids is 1. The van der Waals surface area contributed by atoms with Crippen molar-refractivity contribution >= 4 is 17.3 Å². The van der Waals surface area contributed by atoms with E-state index in [4.69, 9.17) is 4.42 Å². The van der Waals surface area contributed by atoms with E-state index < -0.39 is 16.4 Å². The van der Waals surface area contributed by atoms with Crippen LogP contribution in [0.5, 0.6) is 0 Å². The van der Waals surface area contributed by atoms with Crippen LogP contribution in [0.1, 0.15) is 5.56 Å². The molecule has 0 fully saturated rings. The Morgan fingerprint density at radius 3 is 2.81 bits per heavy atom. The molecule has 0 radical (unpaired) electrons. The van der Waals surface area contributed by atoms with Crippen LogP contribution in [0.4, 0.5) is 11.4 Å². The van der Waals surface area contributed by atoms with Crippen LogP contribution in [0.3, 0.4) is 0 Å². The van der Waals surface area contributed by atoms with Crippen molar-refractivity contribution in [3.63, 3.8) is 0 Å². The molecule has 0 aliphatic heterocycles. The monoisotopic (exact) mass is 354 g/mol. The van der Waals surface area contributed by atoms with E-state index in [1.165, 1.54) is 36.6 Å². The molecular formula is C17H14N4O5. The molecular weight excluding hydrogens is 340 g/mol. The van der Waals surface area contributed by atoms with Gasteiger partial charge in [0.25, 0.3) is 11.2 Å². The topological polar surface area (TPSA) is 120 Å². The maximum Gasteiger partial charge on any atom is 0.271 e. The van der Waals surface area contributed by atoms with Crippen molar-refractivity contribution in [2.24, 2.45) is 0 Å². The first-order valence-corrected chi connectivity index (χ1v) is 7.61. The molecule has 9 heteroatoms. The Morgan fingerprint density at radius 2 is 2.12 bits per heavy atom. The average molecular weight is 354 g/mol. The molecule has 3 rings (SSSR count). The molecule has 1 N–H and O–H groups in total. The minimum atomic E-state index is -0.548. The second-order valence-electron chi connectivity index (χ2n) is 5.50. The summed E-state index contributed by atoms with van der Waals surface area (Å²) < 4.78 is 6.22. The molecule has 1 amide bonds. The second kappa shape index (κ2) is 7.01. The molecule has 132 valence electrons. The number of anilines is 1. The summed E-state index contributed by atoms with van der Waals surface area (Å²) in [5, 5.41) is 17.5. The summed E-state index contributed by atoms with van der Waals surface area (Å²) in [6.07, 6.45) is 1.48. The zero-order chi connectivity index (χ0) is 18.7. The van der Waals surface area contributed by atoms with Crippen molar-refractivity contribution in [3.8, 4) is 11.5 Å². The zero-order valence-corrected chi connectivity index (χ0v) is 13.7. The highest BCUT2D eigenvalue weighted by atomic mass is 16.6. The normalized spacial score (nSPS) is 10.5. The smallest absolute Gasteiger partial charge is 0.271 e. The van der Waals surface area contributed by atoms with E-state index in [2.05, 4.69) is 10.4 Å². The summed E-state index contributed by atoms with van der Waals surface area (Å²) in [7, 11) is 0. The Balaban J connectivity index is 1.81. The van der Waals surface area contributed by atoms with Gasteiger partial charge in [-0.2, -0.15) is 5.10 Å². The van der Waals surface area contributed by atoms with E-state index in [9.17, 15) is 19.7 Å². The summed E-state index contributed by atoms with van der Waals surface area (Å²) in [5.41, 5.74) is 0.786. The highest BCUT2D eigenvalue weighted by molar-refractivity contribution is 5.91. The standard InChI is InChI=1S/C17H14N4O5/c1-11-4-5-12(21(24)25)9-14(11)18-16(22)10-20-17(23)7-6-13(19-20)15-3-2-8-26-15/h2-9H,10H2,1H3,(H,18,22). The third kappa shape index (κ3) is 3.66. The predicted octanol–water partition coefficient (Wildman–Crippen LogP) is 2.36. The Bertz CT molecular complexity index is 1020. The number of nitrogens with zero attached hydrogens (tertiary/aromatic N) is 3. The van der Waals surface area contributed by atoms with Crippen molar-refractivity contribution in [3.05, 3.63) is 74.8 Å². The molecule has 2 aromatic heterocycles. The Morgan fingerprint density at radius 1 is 1.31 bits per heavy atom. The molecule has 26 heavy (non-hydrogen) atoms. The van der Waals surface area contributed by atoms with E-state index >= 15 is 0 Å². The number of furan rings is 1. The Kier molecular flexibility index (Phi) is 4.61. The number of carbonyl (C=O) groups is 1. The lowest BCUT2D eigenvalue weighted by molar-refractivity contribution is -0.384. The minimum Gasteiger partial charge on any atom is -0.463 e. The van der Waals surface area contributed by atoms with Gasteiger partial charge in [0.1, 0.15) is 12.2 Å². The first-order valence-electron chi connectivity index (χ1n) is 7.61. The molecule has 0 unspecified atom stereocenters. The van der Waals surface area contributed by atoms with Crippen molar-refractivity contribution in [1.82, 2.24) is 9.78 Å². The number of aryl methyl sites for hydroxylation is 1. The predicted molar refractivity (Wildman–Crippen MR) is 92.7 cm³/mol. The van der Waals surface area contributed by atoms with Crippen LogP contribution in [0.25, 0.3) is 11.5 Å². The maximum atomic E-state index is 12.3. The molecule has 9 nitrogen and oxygen atoms in total. The van der Waals surface area contributed by atoms with E-state index in [1.807, 2.05) is 0 Å². The molecule has 3 aromatic rings. The largest absolute Gasteiger partial charge is 0.463 e. The number of hydrogen-bond acceptors (Lipinski definition) is 6. The summed E-state index contributed by atoms with van der Waals surface area (Å²) >= 11 is 0. The molecule has 0 saturated heterocycles. The maximum absolute atomic E-state index is 12.3. The summed E-state index contributed by atoms with van der Waals surface area (Å²) in [5.74, 6) is -0.0616. The van der Waals surface area contributed by atoms with Crippen LogP contribution < -0.4 is 10.9 Å². The van der Waals surface area contributed by atoms with Crippen molar-refractivity contribution < 1.29 is 14.1 Å². The zero-order valence-electron chi connectivity index (χ0n) is 13.7. The lowest BCUT2D eigenvalue weighted by atomic mass is 10.2. The number of nitro benzene ring substituents is 1. The highest BCUT2D eigenvalue weighted by Crippen LogP contribution is 2.21. The van der Waals surface area contributed by atoms with Crippen LogP contribution in [0.2, 0.25) is 0 Å². The molecule has 0 aliphatic rings. The fourth-order valence-corrected chi connectivity index (χ4v) is 2.30. The SMILES string of the molecule is Cc1ccc([N+](=O)[O-])cc1NC(=O)Cn1nc(-c2ccco2)ccc1=O. The van der Waals surface area contributed by atoms with E-state index in [0.29, 0.717) is 22.7 Å². The number of non-ortho nitro benzene ring substituents is 1. The van der Waals surface area contributed by atoms with Gasteiger partial charge in [0, 0.05) is 18.2 Å². The second-order valence-corrected chi connectivity index (χ2v) is 5.50. The summed E-state index contributed by atoms with van der Waals surface area (Å²) in [6.45, 7) is 1.37. The average Bonchev–Trinajstić information content (AvgIpc) is 3.13. The molecule has 0 aliphatic carbocycles. The number of nitrogens with one attached hydrogen (secondary N) is 1. The van der Waals surface area contributed by atoms with Gasteiger partial charge in [-0.15, -0.1) is 0 Å². The van der Waals surface area contributed by atoms with Gasteiger partial charge < -0.3 is 9.73 Å². The number of nitro groups is 1. The summed E-state index contributed by atoms with van der Waals surface area (Å²) in [6, 6.07) is 10.3. The molecule has 2 heterocycles. The first kappa shape index (κ1) is 17.1. The van der Waals surface area contributed by atoms with E-state index in [0.717, 1.165) is 4.68 Å². The van der Waals surface area contributed by atoms with Crippen LogP contribution in [-0.2, 0) is 11.3 Å². The number of aromatic nitrogens is 2. The van der Waals surface area contributed by atoms with Crippen LogP contribution in [-0.4, -0.2) is 20.6 Å². The fourth-order valence-electron chi connectivity index (χ4n) is 2.30. The summed E-state index contributed by atoms with van der Waals surface area (Å²) in [4.78, 5) is 34.5. The number of hydrogen-bond donors (Lipinski definition) is 1. The van der Waals surface area contributed by atoms with Gasteiger partial charge in [0.05, 0.1) is 16.9 Å². The van der Waals surface area contributed by atoms with Crippen LogP contribution in [0.15, 0.2) is 57.9 Å². The lowest BCUT2D eigenvalue weighted by Crippen LogP contribution is -2.29. The molecule has 0 bridgehead atoms. The van der Waals surface area contributed by atoms with Gasteiger partial charge in [-0.3, -0.25) is 19.7 Å². The van der Waals surface area contributed by atoms with Crippen LogP contribution >= 0.6 is 0 Å². The van der Waals surface area contributed by atoms with Gasteiger partial charge in [-0.25, -0.2) is 4.68 Å². The Hall–Kier alpha value is -3.75. The Labute approximate surface area is 147 Å². The van der Waals surface area contributed by atoms with Gasteiger partial charge >= 0.3 is 0 Å². The van der Waals surface area contributed by atoms with Gasteiger partial charge in [0.2, 0.25) is 5.91 Å². The number of benzene rings is 1. The van der Waals surface area contributed by atoms with Crippen molar-refractivity contribution in [2.45, 2.75) is 13.5 Å². The van der Waals surface area contributed by atoms with Gasteiger partial charge in [0.15, 0.2) is 5.76 Å². The van der Waals surface area contributed by atoms with Gasteiger partial charge in [-0.05, 0) is 30.7 Å². The molecule has 0 spiro atoms. The lowest BCUT2D eigenvalue weighted by Gasteiger charge is -2.09.